The van der Waals surface area contributed by atoms with Crippen LogP contribution < -0.4 is 10.5 Å². The lowest BCUT2D eigenvalue weighted by Gasteiger charge is -2.26. The van der Waals surface area contributed by atoms with E-state index in [2.05, 4.69) is 36.4 Å². The van der Waals surface area contributed by atoms with Gasteiger partial charge in [-0.1, -0.05) is 30.3 Å². The molecule has 3 nitrogen and oxygen atoms in total. The lowest BCUT2D eigenvalue weighted by molar-refractivity contribution is 0.198. The Bertz CT molecular complexity index is 833. The van der Waals surface area contributed by atoms with Crippen LogP contribution >= 0.6 is 0 Å². The molecular weight excluding hydrogens is 358 g/mol. The predicted octanol–water partition coefficient (Wildman–Crippen LogP) is 4.78. The second-order valence-corrected chi connectivity index (χ2v) is 9.34. The number of benzene rings is 2. The molecular formula is C26H35NO2. The Labute approximate surface area is 175 Å². The van der Waals surface area contributed by atoms with E-state index in [1.54, 1.807) is 18.2 Å². The zero-order valence-electron chi connectivity index (χ0n) is 17.7. The van der Waals surface area contributed by atoms with Gasteiger partial charge in [-0.2, -0.15) is 0 Å². The molecule has 29 heavy (non-hydrogen) atoms. The fraction of sp³-hybridized carbons (Fsp3) is 0.538. The van der Waals surface area contributed by atoms with Crippen LogP contribution in [-0.4, -0.2) is 24.4 Å². The maximum Gasteiger partial charge on any atom is 0.119 e. The van der Waals surface area contributed by atoms with Gasteiger partial charge in [0, 0.05) is 5.54 Å². The van der Waals surface area contributed by atoms with Gasteiger partial charge in [0.05, 0.1) is 13.7 Å². The molecule has 3 heteroatoms. The lowest BCUT2D eigenvalue weighted by Crippen LogP contribution is -2.40. The maximum atomic E-state index is 9.55. The number of hydrogen-bond acceptors (Lipinski definition) is 3. The maximum absolute atomic E-state index is 9.55. The minimum Gasteiger partial charge on any atom is -0.497 e. The van der Waals surface area contributed by atoms with Crippen LogP contribution in [0.25, 0.3) is 0 Å². The second kappa shape index (κ2) is 8.89. The van der Waals surface area contributed by atoms with E-state index in [0.29, 0.717) is 5.92 Å². The summed E-state index contributed by atoms with van der Waals surface area (Å²) in [5, 5.41) is 9.55. The van der Waals surface area contributed by atoms with Gasteiger partial charge in [0.25, 0.3) is 0 Å². The van der Waals surface area contributed by atoms with Crippen molar-refractivity contribution in [1.29, 1.82) is 0 Å². The molecule has 156 valence electrons. The molecule has 2 aliphatic carbocycles. The fourth-order valence-corrected chi connectivity index (χ4v) is 5.36. The van der Waals surface area contributed by atoms with Crippen molar-refractivity contribution < 1.29 is 9.84 Å². The largest absolute Gasteiger partial charge is 0.497 e. The highest BCUT2D eigenvalue weighted by Crippen LogP contribution is 2.40. The van der Waals surface area contributed by atoms with Crippen molar-refractivity contribution in [2.75, 3.05) is 13.7 Å². The molecule has 0 radical (unpaired) electrons. The molecule has 0 amide bonds. The minimum atomic E-state index is -0.367. The van der Waals surface area contributed by atoms with E-state index in [9.17, 15) is 5.11 Å². The van der Waals surface area contributed by atoms with E-state index in [0.717, 1.165) is 37.4 Å². The van der Waals surface area contributed by atoms with E-state index in [1.807, 2.05) is 6.07 Å². The standard InChI is InChI=1S/C26H35NO2/c1-29-25-7-3-6-19(15-25)4-2-5-20-8-9-22-16-23(11-10-21(22)14-20)24-12-13-26(27,17-24)18-28/h3,6-7,10-11,15-16,20,24,28H,2,4-5,8-9,12-14,17-18,27H2,1H3/t20-,24+,26-/m1/s1. The first-order valence-corrected chi connectivity index (χ1v) is 11.2. The number of aliphatic hydroxyl groups is 1. The highest BCUT2D eigenvalue weighted by molar-refractivity contribution is 5.36. The van der Waals surface area contributed by atoms with Crippen LogP contribution in [0.15, 0.2) is 42.5 Å². The molecule has 2 aliphatic rings. The van der Waals surface area contributed by atoms with Gasteiger partial charge in [-0.05, 0) is 104 Å². The first-order valence-electron chi connectivity index (χ1n) is 11.2. The van der Waals surface area contributed by atoms with Crippen LogP contribution in [0.2, 0.25) is 0 Å². The van der Waals surface area contributed by atoms with Crippen molar-refractivity contribution in [3.8, 4) is 5.75 Å². The lowest BCUT2D eigenvalue weighted by atomic mass is 9.79. The third-order valence-electron chi connectivity index (χ3n) is 7.20. The average Bonchev–Trinajstić information content (AvgIpc) is 3.16. The van der Waals surface area contributed by atoms with Crippen molar-refractivity contribution in [1.82, 2.24) is 0 Å². The molecule has 1 saturated carbocycles. The van der Waals surface area contributed by atoms with E-state index in [1.165, 1.54) is 43.2 Å². The number of aliphatic hydroxyl groups excluding tert-OH is 1. The van der Waals surface area contributed by atoms with Crippen LogP contribution in [0.1, 0.15) is 66.7 Å². The zero-order chi connectivity index (χ0) is 20.3. The number of rotatable bonds is 7. The molecule has 0 heterocycles. The molecule has 0 saturated heterocycles. The van der Waals surface area contributed by atoms with Gasteiger partial charge < -0.3 is 15.6 Å². The van der Waals surface area contributed by atoms with Crippen molar-refractivity contribution >= 4 is 0 Å². The Balaban J connectivity index is 1.31. The smallest absolute Gasteiger partial charge is 0.119 e. The van der Waals surface area contributed by atoms with Gasteiger partial charge in [-0.3, -0.25) is 0 Å². The Kier molecular flexibility index (Phi) is 6.26. The molecule has 1 fully saturated rings. The monoisotopic (exact) mass is 393 g/mol. The summed E-state index contributed by atoms with van der Waals surface area (Å²) in [5.74, 6) is 2.27. The summed E-state index contributed by atoms with van der Waals surface area (Å²) in [5.41, 5.74) is 11.8. The predicted molar refractivity (Wildman–Crippen MR) is 118 cm³/mol. The number of nitrogens with two attached hydrogens (primary N) is 1. The number of aryl methyl sites for hydroxylation is 2. The van der Waals surface area contributed by atoms with Crippen molar-refractivity contribution in [3.05, 3.63) is 64.7 Å². The number of ether oxygens (including phenoxy) is 1. The van der Waals surface area contributed by atoms with Crippen LogP contribution in [0, 0.1) is 5.92 Å². The molecule has 0 aromatic heterocycles. The molecule has 2 aromatic rings. The normalized spacial score (nSPS) is 26.3. The summed E-state index contributed by atoms with van der Waals surface area (Å²) in [6.45, 7) is 0.103. The number of methoxy groups -OCH3 is 1. The molecule has 3 atom stereocenters. The van der Waals surface area contributed by atoms with E-state index >= 15 is 0 Å². The van der Waals surface area contributed by atoms with Crippen LogP contribution in [0.5, 0.6) is 5.75 Å². The van der Waals surface area contributed by atoms with Crippen molar-refractivity contribution in [2.45, 2.75) is 69.2 Å². The summed E-state index contributed by atoms with van der Waals surface area (Å²) in [6, 6.07) is 15.6. The number of hydrogen-bond donors (Lipinski definition) is 2. The van der Waals surface area contributed by atoms with Crippen LogP contribution in [-0.2, 0) is 19.3 Å². The fourth-order valence-electron chi connectivity index (χ4n) is 5.36. The van der Waals surface area contributed by atoms with Gasteiger partial charge in [-0.15, -0.1) is 0 Å². The van der Waals surface area contributed by atoms with Crippen molar-refractivity contribution in [3.63, 3.8) is 0 Å². The first-order chi connectivity index (χ1) is 14.1. The van der Waals surface area contributed by atoms with Gasteiger partial charge in [0.2, 0.25) is 0 Å². The van der Waals surface area contributed by atoms with Gasteiger partial charge in [-0.25, -0.2) is 0 Å². The quantitative estimate of drug-likeness (QED) is 0.712. The number of fused-ring (bicyclic) bond motifs is 1. The Morgan fingerprint density at radius 2 is 2.03 bits per heavy atom. The van der Waals surface area contributed by atoms with Gasteiger partial charge in [0.1, 0.15) is 5.75 Å². The van der Waals surface area contributed by atoms with Gasteiger partial charge >= 0.3 is 0 Å². The summed E-state index contributed by atoms with van der Waals surface area (Å²) >= 11 is 0. The Morgan fingerprint density at radius 1 is 1.14 bits per heavy atom. The summed E-state index contributed by atoms with van der Waals surface area (Å²) in [4.78, 5) is 0. The van der Waals surface area contributed by atoms with Crippen LogP contribution in [0.3, 0.4) is 0 Å². The highest BCUT2D eigenvalue weighted by Gasteiger charge is 2.36. The summed E-state index contributed by atoms with van der Waals surface area (Å²) in [7, 11) is 1.73. The third-order valence-corrected chi connectivity index (χ3v) is 7.20. The molecule has 2 aromatic carbocycles. The molecule has 4 rings (SSSR count). The molecule has 0 spiro atoms. The third kappa shape index (κ3) is 4.84. The SMILES string of the molecule is COc1cccc(CCC[C@@H]2CCc3cc([C@H]4CC[C@](N)(CO)C4)ccc3C2)c1. The van der Waals surface area contributed by atoms with E-state index < -0.39 is 0 Å². The highest BCUT2D eigenvalue weighted by atomic mass is 16.5. The van der Waals surface area contributed by atoms with Crippen LogP contribution in [0.4, 0.5) is 0 Å². The van der Waals surface area contributed by atoms with E-state index in [-0.39, 0.29) is 12.1 Å². The van der Waals surface area contributed by atoms with E-state index in [4.69, 9.17) is 10.5 Å². The molecule has 0 aliphatic heterocycles. The topological polar surface area (TPSA) is 55.5 Å². The summed E-state index contributed by atoms with van der Waals surface area (Å²) < 4.78 is 5.34. The summed E-state index contributed by atoms with van der Waals surface area (Å²) in [6.07, 6.45) is 10.3. The first kappa shape index (κ1) is 20.4. The van der Waals surface area contributed by atoms with Crippen molar-refractivity contribution in [2.24, 2.45) is 11.7 Å². The second-order valence-electron chi connectivity index (χ2n) is 9.34. The van der Waals surface area contributed by atoms with Gasteiger partial charge in [0.15, 0.2) is 0 Å². The molecule has 0 bridgehead atoms. The molecule has 0 unspecified atom stereocenters. The molecule has 3 N–H and O–H groups in total. The Hall–Kier alpha value is -1.84. The zero-order valence-corrected chi connectivity index (χ0v) is 17.7. The minimum absolute atomic E-state index is 0.103. The Morgan fingerprint density at radius 3 is 2.83 bits per heavy atom. The average molecular weight is 394 g/mol.